The topological polar surface area (TPSA) is 25.8 Å². The summed E-state index contributed by atoms with van der Waals surface area (Å²) in [5.41, 5.74) is 2.28. The molecule has 1 aromatic rings. The van der Waals surface area contributed by atoms with Crippen molar-refractivity contribution >= 4 is 6.08 Å². The lowest BCUT2D eigenvalue weighted by Gasteiger charge is -2.06. The van der Waals surface area contributed by atoms with Crippen LogP contribution in [0.1, 0.15) is 30.9 Å². The lowest BCUT2D eigenvalue weighted by atomic mass is 10.0. The second kappa shape index (κ2) is 3.28. The molecule has 0 fully saturated rings. The molecule has 1 aromatic heterocycles. The number of nitrogens with zero attached hydrogens (tertiary/aromatic N) is 2. The van der Waals surface area contributed by atoms with Gasteiger partial charge in [-0.2, -0.15) is 10.2 Å². The minimum Gasteiger partial charge on any atom is -0.159 e. The van der Waals surface area contributed by atoms with Crippen LogP contribution in [0.3, 0.4) is 0 Å². The van der Waals surface area contributed by atoms with Crippen molar-refractivity contribution in [2.45, 2.75) is 19.8 Å². The SMILES string of the molecule is C=Cc1cnncc1C(C)C. The Balaban J connectivity index is 3.12. The van der Waals surface area contributed by atoms with Gasteiger partial charge in [-0.05, 0) is 17.0 Å². The Hall–Kier alpha value is -1.18. The predicted molar refractivity (Wildman–Crippen MR) is 46.2 cm³/mol. The van der Waals surface area contributed by atoms with Crippen molar-refractivity contribution in [2.24, 2.45) is 0 Å². The van der Waals surface area contributed by atoms with Crippen molar-refractivity contribution in [3.8, 4) is 0 Å². The molecule has 0 aliphatic carbocycles. The van der Waals surface area contributed by atoms with Crippen LogP contribution in [-0.2, 0) is 0 Å². The van der Waals surface area contributed by atoms with Gasteiger partial charge in [0.2, 0.25) is 0 Å². The molecule has 0 spiro atoms. The standard InChI is InChI=1S/C9H12N2/c1-4-8-5-10-11-6-9(8)7(2)3/h4-7H,1H2,2-3H3. The average Bonchev–Trinajstić information content (AvgIpc) is 2.04. The van der Waals surface area contributed by atoms with Crippen LogP contribution in [0.4, 0.5) is 0 Å². The van der Waals surface area contributed by atoms with E-state index < -0.39 is 0 Å². The Morgan fingerprint density at radius 3 is 2.45 bits per heavy atom. The molecule has 0 aliphatic heterocycles. The van der Waals surface area contributed by atoms with E-state index in [0.717, 1.165) is 5.56 Å². The Bertz CT molecular complexity index is 253. The van der Waals surface area contributed by atoms with Crippen molar-refractivity contribution in [1.29, 1.82) is 0 Å². The number of aromatic nitrogens is 2. The van der Waals surface area contributed by atoms with Gasteiger partial charge in [-0.3, -0.25) is 0 Å². The summed E-state index contributed by atoms with van der Waals surface area (Å²) in [7, 11) is 0. The van der Waals surface area contributed by atoms with Crippen LogP contribution in [-0.4, -0.2) is 10.2 Å². The van der Waals surface area contributed by atoms with Crippen LogP contribution in [0.2, 0.25) is 0 Å². The number of hydrogen-bond acceptors (Lipinski definition) is 2. The zero-order valence-corrected chi connectivity index (χ0v) is 6.91. The maximum Gasteiger partial charge on any atom is 0.0571 e. The van der Waals surface area contributed by atoms with Crippen LogP contribution in [0.5, 0.6) is 0 Å². The summed E-state index contributed by atoms with van der Waals surface area (Å²) in [6, 6.07) is 0. The molecule has 2 heteroatoms. The highest BCUT2D eigenvalue weighted by Crippen LogP contribution is 2.17. The molecule has 0 saturated heterocycles. The van der Waals surface area contributed by atoms with Gasteiger partial charge in [0.1, 0.15) is 0 Å². The second-order valence-corrected chi connectivity index (χ2v) is 2.76. The van der Waals surface area contributed by atoms with Gasteiger partial charge in [-0.1, -0.05) is 26.5 Å². The van der Waals surface area contributed by atoms with E-state index in [1.54, 1.807) is 12.4 Å². The summed E-state index contributed by atoms with van der Waals surface area (Å²) in [6.07, 6.45) is 5.34. The first-order valence-electron chi connectivity index (χ1n) is 3.68. The van der Waals surface area contributed by atoms with Gasteiger partial charge in [-0.15, -0.1) is 0 Å². The van der Waals surface area contributed by atoms with E-state index in [1.165, 1.54) is 5.56 Å². The zero-order chi connectivity index (χ0) is 8.27. The van der Waals surface area contributed by atoms with Crippen molar-refractivity contribution in [3.05, 3.63) is 30.1 Å². The van der Waals surface area contributed by atoms with Gasteiger partial charge in [0.15, 0.2) is 0 Å². The largest absolute Gasteiger partial charge is 0.159 e. The minimum atomic E-state index is 0.485. The zero-order valence-electron chi connectivity index (χ0n) is 6.91. The van der Waals surface area contributed by atoms with Gasteiger partial charge in [0, 0.05) is 0 Å². The molecule has 0 aliphatic rings. The van der Waals surface area contributed by atoms with E-state index in [9.17, 15) is 0 Å². The number of hydrogen-bond donors (Lipinski definition) is 0. The van der Waals surface area contributed by atoms with Gasteiger partial charge in [0.25, 0.3) is 0 Å². The molecular formula is C9H12N2. The van der Waals surface area contributed by atoms with E-state index in [0.29, 0.717) is 5.92 Å². The van der Waals surface area contributed by atoms with Crippen LogP contribution in [0, 0.1) is 0 Å². The van der Waals surface area contributed by atoms with Crippen LogP contribution < -0.4 is 0 Å². The predicted octanol–water partition coefficient (Wildman–Crippen LogP) is 2.24. The Morgan fingerprint density at radius 1 is 1.36 bits per heavy atom. The lowest BCUT2D eigenvalue weighted by molar-refractivity contribution is 0.837. The number of rotatable bonds is 2. The van der Waals surface area contributed by atoms with Crippen molar-refractivity contribution in [2.75, 3.05) is 0 Å². The third-order valence-corrected chi connectivity index (χ3v) is 1.64. The highest BCUT2D eigenvalue weighted by atomic mass is 15.1. The molecule has 0 radical (unpaired) electrons. The summed E-state index contributed by atoms with van der Waals surface area (Å²) in [6.45, 7) is 7.96. The highest BCUT2D eigenvalue weighted by Gasteiger charge is 2.02. The molecular weight excluding hydrogens is 136 g/mol. The molecule has 1 rings (SSSR count). The molecule has 0 N–H and O–H groups in total. The maximum atomic E-state index is 3.82. The second-order valence-electron chi connectivity index (χ2n) is 2.76. The lowest BCUT2D eigenvalue weighted by Crippen LogP contribution is -1.94. The summed E-state index contributed by atoms with van der Waals surface area (Å²) < 4.78 is 0. The monoisotopic (exact) mass is 148 g/mol. The average molecular weight is 148 g/mol. The summed E-state index contributed by atoms with van der Waals surface area (Å²) in [5, 5.41) is 7.59. The third-order valence-electron chi connectivity index (χ3n) is 1.64. The third kappa shape index (κ3) is 1.64. The summed E-state index contributed by atoms with van der Waals surface area (Å²) in [5.74, 6) is 0.485. The van der Waals surface area contributed by atoms with Gasteiger partial charge in [0.05, 0.1) is 12.4 Å². The van der Waals surface area contributed by atoms with E-state index >= 15 is 0 Å². The molecule has 1 heterocycles. The van der Waals surface area contributed by atoms with Crippen molar-refractivity contribution in [3.63, 3.8) is 0 Å². The highest BCUT2D eigenvalue weighted by molar-refractivity contribution is 5.50. The molecule has 0 bridgehead atoms. The van der Waals surface area contributed by atoms with Crippen LogP contribution in [0.15, 0.2) is 19.0 Å². The fourth-order valence-electron chi connectivity index (χ4n) is 0.993. The smallest absolute Gasteiger partial charge is 0.0571 e. The van der Waals surface area contributed by atoms with Gasteiger partial charge in [-0.25, -0.2) is 0 Å². The van der Waals surface area contributed by atoms with Gasteiger partial charge < -0.3 is 0 Å². The van der Waals surface area contributed by atoms with E-state index in [2.05, 4.69) is 30.6 Å². The fourth-order valence-corrected chi connectivity index (χ4v) is 0.993. The molecule has 0 saturated carbocycles. The van der Waals surface area contributed by atoms with E-state index in [4.69, 9.17) is 0 Å². The van der Waals surface area contributed by atoms with E-state index in [-0.39, 0.29) is 0 Å². The fraction of sp³-hybridized carbons (Fsp3) is 0.333. The van der Waals surface area contributed by atoms with Gasteiger partial charge >= 0.3 is 0 Å². The Kier molecular flexibility index (Phi) is 2.36. The molecule has 0 atom stereocenters. The molecule has 0 unspecified atom stereocenters. The summed E-state index contributed by atoms with van der Waals surface area (Å²) in [4.78, 5) is 0. The molecule has 0 amide bonds. The Labute approximate surface area is 67.0 Å². The Morgan fingerprint density at radius 2 is 2.00 bits per heavy atom. The molecule has 2 nitrogen and oxygen atoms in total. The maximum absolute atomic E-state index is 3.82. The minimum absolute atomic E-state index is 0.485. The van der Waals surface area contributed by atoms with E-state index in [1.807, 2.05) is 6.08 Å². The molecule has 58 valence electrons. The molecule has 11 heavy (non-hydrogen) atoms. The van der Waals surface area contributed by atoms with Crippen molar-refractivity contribution < 1.29 is 0 Å². The quantitative estimate of drug-likeness (QED) is 0.642. The first kappa shape index (κ1) is 7.92. The van der Waals surface area contributed by atoms with Crippen LogP contribution >= 0.6 is 0 Å². The van der Waals surface area contributed by atoms with Crippen molar-refractivity contribution in [1.82, 2.24) is 10.2 Å². The first-order valence-corrected chi connectivity index (χ1v) is 3.68. The summed E-state index contributed by atoms with van der Waals surface area (Å²) >= 11 is 0. The normalized spacial score (nSPS) is 10.1. The molecule has 0 aromatic carbocycles. The first-order chi connectivity index (χ1) is 5.25. The van der Waals surface area contributed by atoms with Crippen LogP contribution in [0.25, 0.3) is 6.08 Å².